The molecule has 3 heterocycles. The maximum absolute atomic E-state index is 13.0. The van der Waals surface area contributed by atoms with Crippen LogP contribution in [0, 0.1) is 0 Å². The quantitative estimate of drug-likeness (QED) is 0.419. The van der Waals surface area contributed by atoms with Crippen molar-refractivity contribution >= 4 is 33.3 Å². The van der Waals surface area contributed by atoms with Crippen molar-refractivity contribution in [2.75, 3.05) is 19.0 Å². The lowest BCUT2D eigenvalue weighted by atomic mass is 9.96. The van der Waals surface area contributed by atoms with Crippen molar-refractivity contribution < 1.29 is 9.53 Å². The summed E-state index contributed by atoms with van der Waals surface area (Å²) in [5, 5.41) is 13.6. The van der Waals surface area contributed by atoms with E-state index in [2.05, 4.69) is 43.8 Å². The van der Waals surface area contributed by atoms with Crippen LogP contribution in [0.2, 0.25) is 0 Å². The van der Waals surface area contributed by atoms with Gasteiger partial charge in [0.2, 0.25) is 0 Å². The Morgan fingerprint density at radius 1 is 1.30 bits per heavy atom. The van der Waals surface area contributed by atoms with Gasteiger partial charge in [-0.3, -0.25) is 14.9 Å². The number of benzene rings is 1. The maximum Gasteiger partial charge on any atom is 0.189 e. The lowest BCUT2D eigenvalue weighted by Gasteiger charge is -2.17. The molecule has 0 aliphatic carbocycles. The molecule has 0 radical (unpaired) electrons. The number of anilines is 1. The predicted octanol–water partition coefficient (Wildman–Crippen LogP) is 2.64. The van der Waals surface area contributed by atoms with Crippen molar-refractivity contribution in [3.8, 4) is 5.75 Å². The van der Waals surface area contributed by atoms with Gasteiger partial charge in [-0.05, 0) is 41.6 Å². The van der Waals surface area contributed by atoms with E-state index in [0.29, 0.717) is 23.6 Å². The first-order valence-electron chi connectivity index (χ1n) is 9.61. The Morgan fingerprint density at radius 2 is 2.20 bits per heavy atom. The van der Waals surface area contributed by atoms with Gasteiger partial charge in [-0.25, -0.2) is 0 Å². The molecule has 8 heteroatoms. The van der Waals surface area contributed by atoms with E-state index in [4.69, 9.17) is 4.74 Å². The first-order valence-corrected chi connectivity index (χ1v) is 10.6. The highest BCUT2D eigenvalue weighted by Gasteiger charge is 2.18. The molecule has 3 N–H and O–H groups in total. The number of carbonyl (C=O) groups is 1. The summed E-state index contributed by atoms with van der Waals surface area (Å²) in [6.45, 7) is 1.86. The fourth-order valence-corrected chi connectivity index (χ4v) is 3.94. The van der Waals surface area contributed by atoms with Gasteiger partial charge in [-0.15, -0.1) is 10.9 Å². The molecule has 1 aliphatic rings. The van der Waals surface area contributed by atoms with Crippen LogP contribution in [0.5, 0.6) is 5.75 Å². The second-order valence-electron chi connectivity index (χ2n) is 6.99. The van der Waals surface area contributed by atoms with Crippen molar-refractivity contribution in [1.29, 1.82) is 0 Å². The van der Waals surface area contributed by atoms with Gasteiger partial charge in [0.1, 0.15) is 10.7 Å². The number of rotatable bonds is 6. The van der Waals surface area contributed by atoms with Crippen molar-refractivity contribution in [2.24, 2.45) is 0 Å². The highest BCUT2D eigenvalue weighted by atomic mass is 32.1. The molecule has 0 atom stereocenters. The molecule has 0 saturated carbocycles. The molecule has 154 valence electrons. The van der Waals surface area contributed by atoms with Crippen LogP contribution in [0.4, 0.5) is 5.69 Å². The van der Waals surface area contributed by atoms with Crippen LogP contribution in [0.15, 0.2) is 42.9 Å². The Hall–Kier alpha value is -3.23. The number of nitrogens with one attached hydrogen (secondary N) is 3. The number of nitrogens with zero attached hydrogens (tertiary/aromatic N) is 2. The van der Waals surface area contributed by atoms with Crippen molar-refractivity contribution in [2.45, 2.75) is 19.4 Å². The number of hydrogen-bond acceptors (Lipinski definition) is 5. The van der Waals surface area contributed by atoms with Gasteiger partial charge in [0.25, 0.3) is 0 Å². The van der Waals surface area contributed by atoms with E-state index in [-0.39, 0.29) is 5.78 Å². The van der Waals surface area contributed by atoms with E-state index in [9.17, 15) is 4.79 Å². The van der Waals surface area contributed by atoms with Gasteiger partial charge in [0.05, 0.1) is 19.0 Å². The summed E-state index contributed by atoms with van der Waals surface area (Å²) in [5.74, 6) is 4.50. The van der Waals surface area contributed by atoms with Crippen molar-refractivity contribution in [3.63, 3.8) is 0 Å². The van der Waals surface area contributed by atoms with Crippen LogP contribution in [-0.2, 0) is 19.4 Å². The normalized spacial score (nSPS) is 12.7. The van der Waals surface area contributed by atoms with Gasteiger partial charge >= 0.3 is 0 Å². The number of ketones is 1. The van der Waals surface area contributed by atoms with E-state index in [1.54, 1.807) is 25.7 Å². The number of fused-ring (bicyclic) bond motifs is 1. The van der Waals surface area contributed by atoms with Crippen molar-refractivity contribution in [3.05, 3.63) is 70.8 Å². The molecule has 4 rings (SSSR count). The highest BCUT2D eigenvalue weighted by Crippen LogP contribution is 2.20. The second kappa shape index (κ2) is 9.06. The van der Waals surface area contributed by atoms with Crippen LogP contribution in [0.25, 0.3) is 0 Å². The molecule has 0 fully saturated rings. The third kappa shape index (κ3) is 4.34. The average Bonchev–Trinajstić information content (AvgIpc) is 3.26. The van der Waals surface area contributed by atoms with Crippen LogP contribution in [-0.4, -0.2) is 45.5 Å². The molecule has 0 amide bonds. The van der Waals surface area contributed by atoms with Crippen molar-refractivity contribution in [1.82, 2.24) is 20.5 Å². The first-order chi connectivity index (χ1) is 14.7. The molecular weight excluding hydrogens is 398 g/mol. The number of carbonyl (C=O) groups excluding carboxylic acids is 1. The second-order valence-corrected chi connectivity index (χ2v) is 7.69. The number of H-pyrrole nitrogens is 1. The molecule has 3 aromatic rings. The average molecular weight is 422 g/mol. The predicted molar refractivity (Wildman–Crippen MR) is 122 cm³/mol. The molecule has 7 nitrogen and oxygen atoms in total. The fraction of sp³-hybridized carbons (Fsp3) is 0.227. The highest BCUT2D eigenvalue weighted by molar-refractivity contribution is 7.96. The number of hydrogen-bond donors (Lipinski definition) is 3. The van der Waals surface area contributed by atoms with Gasteiger partial charge < -0.3 is 15.4 Å². The summed E-state index contributed by atoms with van der Waals surface area (Å²) >= 11 is 0. The molecule has 1 aromatic carbocycles. The molecule has 1 aliphatic heterocycles. The Kier molecular flexibility index (Phi) is 6.06. The van der Waals surface area contributed by atoms with Gasteiger partial charge in [0.15, 0.2) is 11.5 Å². The topological polar surface area (TPSA) is 91.9 Å². The molecule has 30 heavy (non-hydrogen) atoms. The third-order valence-electron chi connectivity index (χ3n) is 5.03. The summed E-state index contributed by atoms with van der Waals surface area (Å²) in [5.41, 5.74) is 5.42. The Bertz CT molecular complexity index is 1130. The number of pyridine rings is 1. The zero-order valence-electron chi connectivity index (χ0n) is 16.7. The molecular formula is C22H23N5O2S. The lowest BCUT2D eigenvalue weighted by molar-refractivity contribution is 0.0989. The molecule has 0 spiro atoms. The van der Waals surface area contributed by atoms with E-state index in [0.717, 1.165) is 35.6 Å². The Morgan fingerprint density at radius 3 is 3.03 bits per heavy atom. The number of ether oxygens (including phenoxy) is 1. The summed E-state index contributed by atoms with van der Waals surface area (Å²) in [4.78, 5) is 17.9. The van der Waals surface area contributed by atoms with E-state index in [1.807, 2.05) is 12.1 Å². The number of methoxy groups -OCH3 is 1. The van der Waals surface area contributed by atoms with Gasteiger partial charge in [0, 0.05) is 30.9 Å². The third-order valence-corrected chi connectivity index (χ3v) is 5.66. The minimum atomic E-state index is -0.0511. The minimum Gasteiger partial charge on any atom is -0.495 e. The first kappa shape index (κ1) is 20.1. The van der Waals surface area contributed by atoms with E-state index < -0.39 is 0 Å². The molecule has 0 saturated heterocycles. The van der Waals surface area contributed by atoms with Crippen LogP contribution in [0.1, 0.15) is 32.7 Å². The smallest absolute Gasteiger partial charge is 0.189 e. The molecule has 0 unspecified atom stereocenters. The van der Waals surface area contributed by atoms with E-state index in [1.165, 1.54) is 22.1 Å². The maximum atomic E-state index is 13.0. The van der Waals surface area contributed by atoms with Crippen LogP contribution < -0.4 is 15.4 Å². The van der Waals surface area contributed by atoms with E-state index >= 15 is 0 Å². The number of aromatic amines is 1. The van der Waals surface area contributed by atoms with Gasteiger partial charge in [-0.1, -0.05) is 18.2 Å². The zero-order valence-corrected chi connectivity index (χ0v) is 17.5. The summed E-state index contributed by atoms with van der Waals surface area (Å²) < 4.78 is 5.24. The Balaban J connectivity index is 1.52. The van der Waals surface area contributed by atoms with Crippen LogP contribution in [0.3, 0.4) is 0 Å². The standard InChI is InChI=1S/C22H23N5O2S/c1-29-18-9-17(11-24-12-18)22(30-2)26-19-13-25-27-21(19)20(28)8-14-3-4-16-10-23-6-5-15(16)7-14/h3-4,7,9,11-13,23,26H,2,5-6,8,10H2,1H3,(H,25,27). The van der Waals surface area contributed by atoms with Crippen LogP contribution >= 0.6 is 10.9 Å². The molecule has 0 bridgehead atoms. The Labute approximate surface area is 178 Å². The number of Topliss-reactive ketones (excluding diaryl/α,β-unsaturated/α-hetero) is 1. The monoisotopic (exact) mass is 421 g/mol. The summed E-state index contributed by atoms with van der Waals surface area (Å²) in [7, 11) is 2.87. The molecule has 2 aromatic heterocycles. The largest absolute Gasteiger partial charge is 0.495 e. The van der Waals surface area contributed by atoms with Gasteiger partial charge in [-0.2, -0.15) is 5.10 Å². The summed E-state index contributed by atoms with van der Waals surface area (Å²) in [6, 6.07) is 8.12. The summed E-state index contributed by atoms with van der Waals surface area (Å²) in [6.07, 6.45) is 6.31. The zero-order chi connectivity index (χ0) is 20.9. The SMILES string of the molecule is C=S=C(Nc1c[nH]nc1C(=O)Cc1ccc2c(c1)CCNC2)c1cncc(OC)c1. The number of aromatic nitrogens is 3. The minimum absolute atomic E-state index is 0.0511. The lowest BCUT2D eigenvalue weighted by Crippen LogP contribution is -2.23. The fourth-order valence-electron chi connectivity index (χ4n) is 3.48.